The average molecular weight is 752 g/mol. The van der Waals surface area contributed by atoms with Crippen molar-refractivity contribution in [3.63, 3.8) is 0 Å². The van der Waals surface area contributed by atoms with Crippen LogP contribution in [0.5, 0.6) is 0 Å². The minimum atomic E-state index is -0.639. The predicted octanol–water partition coefficient (Wildman–Crippen LogP) is 14.0. The van der Waals surface area contributed by atoms with Gasteiger partial charge in [0.1, 0.15) is 0 Å². The van der Waals surface area contributed by atoms with E-state index in [-0.39, 0.29) is 0 Å². The number of hydrogen-bond acceptors (Lipinski definition) is 1. The Hall–Kier alpha value is -7.75. The van der Waals surface area contributed by atoms with Crippen LogP contribution in [0.1, 0.15) is 22.3 Å². The molecule has 0 spiro atoms. The average Bonchev–Trinajstić information content (AvgIpc) is 3.95. The van der Waals surface area contributed by atoms with E-state index in [1.54, 1.807) is 0 Å². The molecule has 11 aromatic rings. The summed E-state index contributed by atoms with van der Waals surface area (Å²) >= 11 is 0. The topological polar surface area (TPSA) is 22.2 Å². The van der Waals surface area contributed by atoms with E-state index < -0.39 is 5.41 Å². The standard InChI is InChI=1S/C56H37N3/c1-5-18-38(19-6-1)40-22-17-27-43(34-40)58-51-30-15-13-28-45(51)47-35-44(32-33-53(47)58)59-52-31-16-14-29-46(52)48-36-50-49(37-54(48)59)56(41-23-9-3-10-24-41,42-25-11-4-12-26-42)55(57-50)39-20-7-2-8-21-39/h1-37H. The van der Waals surface area contributed by atoms with E-state index in [9.17, 15) is 0 Å². The van der Waals surface area contributed by atoms with Crippen LogP contribution >= 0.6 is 0 Å². The molecule has 59 heavy (non-hydrogen) atoms. The lowest BCUT2D eigenvalue weighted by Crippen LogP contribution is -2.36. The highest BCUT2D eigenvalue weighted by Gasteiger charge is 2.47. The summed E-state index contributed by atoms with van der Waals surface area (Å²) in [4.78, 5) is 5.60. The van der Waals surface area contributed by atoms with Crippen LogP contribution in [-0.2, 0) is 5.41 Å². The second-order valence-corrected chi connectivity index (χ2v) is 15.5. The summed E-state index contributed by atoms with van der Waals surface area (Å²) < 4.78 is 4.88. The number of hydrogen-bond donors (Lipinski definition) is 0. The Morgan fingerprint density at radius 1 is 0.322 bits per heavy atom. The van der Waals surface area contributed by atoms with Crippen LogP contribution in [0, 0.1) is 0 Å². The lowest BCUT2D eigenvalue weighted by Gasteiger charge is -2.34. The van der Waals surface area contributed by atoms with Gasteiger partial charge in [-0.25, -0.2) is 0 Å². The van der Waals surface area contributed by atoms with Crippen molar-refractivity contribution >= 4 is 55.0 Å². The molecule has 0 fully saturated rings. The smallest absolute Gasteiger partial charge is 0.0901 e. The van der Waals surface area contributed by atoms with Gasteiger partial charge in [-0.1, -0.05) is 170 Å². The minimum Gasteiger partial charge on any atom is -0.309 e. The van der Waals surface area contributed by atoms with Crippen LogP contribution < -0.4 is 0 Å². The molecule has 0 unspecified atom stereocenters. The van der Waals surface area contributed by atoms with Gasteiger partial charge in [-0.05, 0) is 82.4 Å². The molecule has 276 valence electrons. The highest BCUT2D eigenvalue weighted by Crippen LogP contribution is 2.53. The maximum absolute atomic E-state index is 5.60. The minimum absolute atomic E-state index is 0.639. The van der Waals surface area contributed by atoms with Gasteiger partial charge in [0, 0.05) is 38.5 Å². The summed E-state index contributed by atoms with van der Waals surface area (Å²) in [7, 11) is 0. The maximum atomic E-state index is 5.60. The van der Waals surface area contributed by atoms with Crippen LogP contribution in [0.2, 0.25) is 0 Å². The first-order valence-electron chi connectivity index (χ1n) is 20.3. The monoisotopic (exact) mass is 751 g/mol. The molecule has 9 aromatic carbocycles. The first kappa shape index (κ1) is 33.4. The number of rotatable bonds is 6. The number of para-hydroxylation sites is 2. The summed E-state index contributed by atoms with van der Waals surface area (Å²) in [5.41, 5.74) is 15.5. The maximum Gasteiger partial charge on any atom is 0.0901 e. The number of benzene rings is 9. The first-order chi connectivity index (χ1) is 29.3. The molecule has 0 radical (unpaired) electrons. The molecule has 0 bridgehead atoms. The fourth-order valence-electron chi connectivity index (χ4n) is 9.84. The van der Waals surface area contributed by atoms with Crippen molar-refractivity contribution in [3.05, 3.63) is 247 Å². The number of aliphatic imine (C=N–C) groups is 1. The second kappa shape index (κ2) is 13.2. The molecule has 3 heteroatoms. The van der Waals surface area contributed by atoms with Gasteiger partial charge in [0.2, 0.25) is 0 Å². The molecule has 0 saturated heterocycles. The Morgan fingerprint density at radius 2 is 0.814 bits per heavy atom. The van der Waals surface area contributed by atoms with E-state index in [1.165, 1.54) is 65.9 Å². The quantitative estimate of drug-likeness (QED) is 0.161. The zero-order valence-electron chi connectivity index (χ0n) is 32.2. The SMILES string of the molecule is c1ccc(C2=Nc3cc4c5ccccc5n(-c5ccc6c(c5)c5ccccc5n6-c5cccc(-c6ccccc6)c5)c4cc3C2(c2ccccc2)c2ccccc2)cc1. The van der Waals surface area contributed by atoms with Gasteiger partial charge >= 0.3 is 0 Å². The third-order valence-electron chi connectivity index (χ3n) is 12.4. The largest absolute Gasteiger partial charge is 0.309 e. The van der Waals surface area contributed by atoms with E-state index in [2.05, 4.69) is 234 Å². The summed E-state index contributed by atoms with van der Waals surface area (Å²) in [5.74, 6) is 0. The Kier molecular flexibility index (Phi) is 7.45. The Labute approximate surface area is 342 Å². The van der Waals surface area contributed by atoms with Crippen molar-refractivity contribution in [3.8, 4) is 22.5 Å². The zero-order valence-corrected chi connectivity index (χ0v) is 32.2. The molecule has 1 aliphatic heterocycles. The summed E-state index contributed by atoms with van der Waals surface area (Å²) in [6, 6.07) is 81.5. The molecule has 3 nitrogen and oxygen atoms in total. The van der Waals surface area contributed by atoms with Gasteiger partial charge < -0.3 is 9.13 Å². The second-order valence-electron chi connectivity index (χ2n) is 15.5. The lowest BCUT2D eigenvalue weighted by molar-refractivity contribution is 0.851. The van der Waals surface area contributed by atoms with Gasteiger partial charge in [-0.2, -0.15) is 0 Å². The Balaban J connectivity index is 1.12. The van der Waals surface area contributed by atoms with Crippen LogP contribution in [-0.4, -0.2) is 14.8 Å². The van der Waals surface area contributed by atoms with Gasteiger partial charge in [0.15, 0.2) is 0 Å². The highest BCUT2D eigenvalue weighted by molar-refractivity contribution is 6.20. The van der Waals surface area contributed by atoms with Crippen molar-refractivity contribution in [1.82, 2.24) is 9.13 Å². The van der Waals surface area contributed by atoms with Crippen LogP contribution in [0.4, 0.5) is 5.69 Å². The van der Waals surface area contributed by atoms with E-state index in [4.69, 9.17) is 4.99 Å². The lowest BCUT2D eigenvalue weighted by atomic mass is 9.65. The molecule has 1 aliphatic rings. The van der Waals surface area contributed by atoms with Crippen molar-refractivity contribution < 1.29 is 0 Å². The Morgan fingerprint density at radius 3 is 1.46 bits per heavy atom. The molecule has 0 saturated carbocycles. The zero-order chi connectivity index (χ0) is 38.9. The van der Waals surface area contributed by atoms with Crippen molar-refractivity contribution in [2.24, 2.45) is 4.99 Å². The number of fused-ring (bicyclic) bond motifs is 7. The van der Waals surface area contributed by atoms with Gasteiger partial charge in [0.25, 0.3) is 0 Å². The summed E-state index contributed by atoms with van der Waals surface area (Å²) in [5, 5.41) is 4.84. The van der Waals surface area contributed by atoms with Crippen molar-refractivity contribution in [2.75, 3.05) is 0 Å². The molecular weight excluding hydrogens is 715 g/mol. The van der Waals surface area contributed by atoms with Gasteiger partial charge in [-0.3, -0.25) is 4.99 Å². The van der Waals surface area contributed by atoms with E-state index >= 15 is 0 Å². The predicted molar refractivity (Wildman–Crippen MR) is 246 cm³/mol. The highest BCUT2D eigenvalue weighted by atomic mass is 15.0. The molecule has 0 aliphatic carbocycles. The van der Waals surface area contributed by atoms with Crippen LogP contribution in [0.15, 0.2) is 229 Å². The number of nitrogens with zero attached hydrogens (tertiary/aromatic N) is 3. The number of aromatic nitrogens is 2. The van der Waals surface area contributed by atoms with Crippen molar-refractivity contribution in [1.29, 1.82) is 0 Å². The normalized spacial score (nSPS) is 13.3. The van der Waals surface area contributed by atoms with Gasteiger partial charge in [0.05, 0.1) is 38.9 Å². The molecule has 0 N–H and O–H groups in total. The molecular formula is C56H37N3. The fraction of sp³-hybridized carbons (Fsp3) is 0.0179. The van der Waals surface area contributed by atoms with E-state index in [0.29, 0.717) is 0 Å². The first-order valence-corrected chi connectivity index (χ1v) is 20.3. The molecule has 0 amide bonds. The fourth-order valence-corrected chi connectivity index (χ4v) is 9.84. The van der Waals surface area contributed by atoms with Gasteiger partial charge in [-0.15, -0.1) is 0 Å². The molecule has 3 heterocycles. The van der Waals surface area contributed by atoms with E-state index in [0.717, 1.165) is 33.9 Å². The summed E-state index contributed by atoms with van der Waals surface area (Å²) in [6.07, 6.45) is 0. The van der Waals surface area contributed by atoms with Crippen LogP contribution in [0.25, 0.3) is 66.1 Å². The molecule has 12 rings (SSSR count). The molecule has 0 atom stereocenters. The van der Waals surface area contributed by atoms with E-state index in [1.807, 2.05) is 0 Å². The third-order valence-corrected chi connectivity index (χ3v) is 12.4. The Bertz CT molecular complexity index is 3370. The summed E-state index contributed by atoms with van der Waals surface area (Å²) in [6.45, 7) is 0. The van der Waals surface area contributed by atoms with Crippen molar-refractivity contribution in [2.45, 2.75) is 5.41 Å². The van der Waals surface area contributed by atoms with Crippen LogP contribution in [0.3, 0.4) is 0 Å². The third kappa shape index (κ3) is 4.98. The molecule has 2 aromatic heterocycles.